The highest BCUT2D eigenvalue weighted by atomic mass is 35.5. The lowest BCUT2D eigenvalue weighted by molar-refractivity contribution is -0.684. The fourth-order valence-corrected chi connectivity index (χ4v) is 1.99. The van der Waals surface area contributed by atoms with Crippen molar-refractivity contribution in [3.8, 4) is 0 Å². The number of halogens is 1. The summed E-state index contributed by atoms with van der Waals surface area (Å²) in [6.45, 7) is 6.79. The van der Waals surface area contributed by atoms with E-state index in [1.807, 2.05) is 42.7 Å². The van der Waals surface area contributed by atoms with E-state index in [9.17, 15) is 4.79 Å². The minimum Gasteiger partial charge on any atom is -1.00 e. The Kier molecular flexibility index (Phi) is 6.91. The Morgan fingerprint density at radius 2 is 1.74 bits per heavy atom. The molecular weight excluding hydrogens is 310 g/mol. The number of nitrogens with one attached hydrogen (secondary N) is 1. The molecule has 0 aliphatic carbocycles. The minimum atomic E-state index is -0.154. The van der Waals surface area contributed by atoms with E-state index in [1.54, 1.807) is 10.8 Å². The Morgan fingerprint density at radius 1 is 1.13 bits per heavy atom. The zero-order valence-electron chi connectivity index (χ0n) is 13.7. The van der Waals surface area contributed by atoms with Crippen molar-refractivity contribution < 1.29 is 21.8 Å². The van der Waals surface area contributed by atoms with E-state index in [-0.39, 0.29) is 30.3 Å². The molecule has 1 aromatic carbocycles. The molecule has 2 aromatic rings. The standard InChI is InChI=1S/C18H21N3O.ClH/c1-18(2,3)16-9-7-15(8-10-16)13-19-20-17(22)14-21-11-5-4-6-12-21;/h4-13H,14H2,1-3H3;1H. The number of pyridine rings is 1. The molecule has 1 heterocycles. The average molecular weight is 332 g/mol. The molecule has 0 spiro atoms. The maximum absolute atomic E-state index is 11.7. The summed E-state index contributed by atoms with van der Waals surface area (Å²) in [6.07, 6.45) is 5.34. The number of hydrogen-bond donors (Lipinski definition) is 1. The summed E-state index contributed by atoms with van der Waals surface area (Å²) in [5.74, 6) is -0.154. The van der Waals surface area contributed by atoms with Crippen molar-refractivity contribution in [2.24, 2.45) is 5.10 Å². The summed E-state index contributed by atoms with van der Waals surface area (Å²) in [7, 11) is 0. The predicted molar refractivity (Wildman–Crippen MR) is 87.5 cm³/mol. The van der Waals surface area contributed by atoms with Crippen molar-refractivity contribution in [3.63, 3.8) is 0 Å². The van der Waals surface area contributed by atoms with Gasteiger partial charge >= 0.3 is 5.91 Å². The van der Waals surface area contributed by atoms with Crippen LogP contribution in [0.5, 0.6) is 0 Å². The van der Waals surface area contributed by atoms with Crippen LogP contribution in [-0.4, -0.2) is 12.1 Å². The lowest BCUT2D eigenvalue weighted by Crippen LogP contribution is -3.00. The highest BCUT2D eigenvalue weighted by Gasteiger charge is 2.12. The Bertz CT molecular complexity index is 646. The molecule has 0 aliphatic heterocycles. The second-order valence-electron chi connectivity index (χ2n) is 6.21. The molecule has 5 heteroatoms. The van der Waals surface area contributed by atoms with Crippen LogP contribution in [0.3, 0.4) is 0 Å². The first-order valence-electron chi connectivity index (χ1n) is 7.32. The fraction of sp³-hybridized carbons (Fsp3) is 0.278. The van der Waals surface area contributed by atoms with E-state index in [1.165, 1.54) is 5.56 Å². The van der Waals surface area contributed by atoms with Gasteiger partial charge in [0.15, 0.2) is 12.4 Å². The van der Waals surface area contributed by atoms with Crippen LogP contribution in [0.4, 0.5) is 0 Å². The Balaban J connectivity index is 0.00000264. The summed E-state index contributed by atoms with van der Waals surface area (Å²) in [5, 5.41) is 3.99. The largest absolute Gasteiger partial charge is 1.00 e. The van der Waals surface area contributed by atoms with Crippen LogP contribution in [0.15, 0.2) is 60.0 Å². The van der Waals surface area contributed by atoms with Crippen LogP contribution in [0.1, 0.15) is 31.9 Å². The van der Waals surface area contributed by atoms with Crippen LogP contribution in [-0.2, 0) is 16.8 Å². The first-order chi connectivity index (χ1) is 10.4. The highest BCUT2D eigenvalue weighted by Crippen LogP contribution is 2.21. The molecular formula is C18H22ClN3O. The molecule has 122 valence electrons. The second-order valence-corrected chi connectivity index (χ2v) is 6.21. The lowest BCUT2D eigenvalue weighted by Gasteiger charge is -2.18. The molecule has 0 bridgehead atoms. The van der Waals surface area contributed by atoms with Gasteiger partial charge in [0, 0.05) is 12.1 Å². The molecule has 1 aromatic heterocycles. The molecule has 0 aliphatic rings. The van der Waals surface area contributed by atoms with Gasteiger partial charge in [-0.25, -0.2) is 5.43 Å². The monoisotopic (exact) mass is 331 g/mol. The third kappa shape index (κ3) is 6.20. The zero-order chi connectivity index (χ0) is 16.0. The van der Waals surface area contributed by atoms with Crippen LogP contribution in [0.25, 0.3) is 0 Å². The maximum Gasteiger partial charge on any atom is 0.305 e. The van der Waals surface area contributed by atoms with E-state index >= 15 is 0 Å². The number of carbonyl (C=O) groups is 1. The summed E-state index contributed by atoms with van der Waals surface area (Å²) in [6, 6.07) is 13.9. The van der Waals surface area contributed by atoms with Gasteiger partial charge in [-0.05, 0) is 16.5 Å². The van der Waals surface area contributed by atoms with Crippen LogP contribution in [0.2, 0.25) is 0 Å². The Hall–Kier alpha value is -2.20. The van der Waals surface area contributed by atoms with E-state index in [0.717, 1.165) is 5.56 Å². The third-order valence-corrected chi connectivity index (χ3v) is 3.28. The summed E-state index contributed by atoms with van der Waals surface area (Å²) >= 11 is 0. The minimum absolute atomic E-state index is 0. The molecule has 2 rings (SSSR count). The van der Waals surface area contributed by atoms with Gasteiger partial charge in [0.2, 0.25) is 6.54 Å². The summed E-state index contributed by atoms with van der Waals surface area (Å²) in [4.78, 5) is 11.7. The number of aromatic nitrogens is 1. The molecule has 1 N–H and O–H groups in total. The maximum atomic E-state index is 11.7. The van der Waals surface area contributed by atoms with Gasteiger partial charge in [0.25, 0.3) is 0 Å². The Labute approximate surface area is 143 Å². The van der Waals surface area contributed by atoms with Crippen molar-refractivity contribution in [2.75, 3.05) is 0 Å². The van der Waals surface area contributed by atoms with Crippen molar-refractivity contribution >= 4 is 12.1 Å². The number of hydrazone groups is 1. The number of rotatable bonds is 4. The van der Waals surface area contributed by atoms with Gasteiger partial charge < -0.3 is 12.4 Å². The molecule has 1 amide bonds. The van der Waals surface area contributed by atoms with Crippen LogP contribution >= 0.6 is 0 Å². The van der Waals surface area contributed by atoms with Crippen molar-refractivity contribution in [2.45, 2.75) is 32.7 Å². The third-order valence-electron chi connectivity index (χ3n) is 3.28. The number of nitrogens with zero attached hydrogens (tertiary/aromatic N) is 2. The number of carbonyl (C=O) groups excluding carboxylic acids is 1. The molecule has 23 heavy (non-hydrogen) atoms. The smallest absolute Gasteiger partial charge is 0.305 e. The van der Waals surface area contributed by atoms with Crippen LogP contribution in [0, 0.1) is 0 Å². The topological polar surface area (TPSA) is 45.3 Å². The second kappa shape index (κ2) is 8.44. The normalized spacial score (nSPS) is 11.1. The fourth-order valence-electron chi connectivity index (χ4n) is 1.99. The molecule has 0 saturated heterocycles. The van der Waals surface area contributed by atoms with E-state index in [4.69, 9.17) is 0 Å². The van der Waals surface area contributed by atoms with Gasteiger partial charge in [0.1, 0.15) is 0 Å². The van der Waals surface area contributed by atoms with Gasteiger partial charge in [-0.1, -0.05) is 51.1 Å². The zero-order valence-corrected chi connectivity index (χ0v) is 14.4. The number of benzene rings is 1. The summed E-state index contributed by atoms with van der Waals surface area (Å²) < 4.78 is 1.79. The van der Waals surface area contributed by atoms with Gasteiger partial charge in [-0.3, -0.25) is 4.79 Å². The molecule has 4 nitrogen and oxygen atoms in total. The molecule has 0 fully saturated rings. The number of amides is 1. The Morgan fingerprint density at radius 3 is 2.30 bits per heavy atom. The van der Waals surface area contributed by atoms with Gasteiger partial charge in [-0.2, -0.15) is 9.67 Å². The van der Waals surface area contributed by atoms with Crippen molar-refractivity contribution in [1.82, 2.24) is 5.43 Å². The first-order valence-corrected chi connectivity index (χ1v) is 7.32. The van der Waals surface area contributed by atoms with Gasteiger partial charge in [0.05, 0.1) is 6.21 Å². The molecule has 0 radical (unpaired) electrons. The first kappa shape index (κ1) is 18.8. The van der Waals surface area contributed by atoms with Crippen LogP contribution < -0.4 is 22.4 Å². The van der Waals surface area contributed by atoms with Crippen molar-refractivity contribution in [1.29, 1.82) is 0 Å². The van der Waals surface area contributed by atoms with Gasteiger partial charge in [-0.15, -0.1) is 0 Å². The molecule has 0 unspecified atom stereocenters. The SMILES string of the molecule is CC(C)(C)c1ccc(C=NNC(=O)C[n+]2ccccc2)cc1.[Cl-]. The average Bonchev–Trinajstić information content (AvgIpc) is 2.48. The molecule has 0 atom stereocenters. The lowest BCUT2D eigenvalue weighted by atomic mass is 9.87. The molecule has 0 saturated carbocycles. The quantitative estimate of drug-likeness (QED) is 0.455. The number of hydrogen-bond acceptors (Lipinski definition) is 2. The van der Waals surface area contributed by atoms with E-state index in [2.05, 4.69) is 43.4 Å². The van der Waals surface area contributed by atoms with E-state index < -0.39 is 0 Å². The van der Waals surface area contributed by atoms with Crippen molar-refractivity contribution in [3.05, 3.63) is 66.0 Å². The highest BCUT2D eigenvalue weighted by molar-refractivity contribution is 5.82. The van der Waals surface area contributed by atoms with E-state index in [0.29, 0.717) is 0 Å². The predicted octanol–water partition coefficient (Wildman–Crippen LogP) is -0.574. The summed E-state index contributed by atoms with van der Waals surface area (Å²) in [5.41, 5.74) is 4.90.